The summed E-state index contributed by atoms with van der Waals surface area (Å²) in [4.78, 5) is 56.5. The quantitative estimate of drug-likeness (QED) is 0.184. The van der Waals surface area contributed by atoms with E-state index in [2.05, 4.69) is 33.0 Å². The number of benzene rings is 1. The van der Waals surface area contributed by atoms with Crippen molar-refractivity contribution < 1.29 is 33.0 Å². The summed E-state index contributed by atoms with van der Waals surface area (Å²) in [5.41, 5.74) is 0.392. The van der Waals surface area contributed by atoms with Crippen molar-refractivity contribution in [1.82, 2.24) is 20.4 Å². The van der Waals surface area contributed by atoms with Crippen molar-refractivity contribution in [2.75, 3.05) is 6.54 Å². The van der Waals surface area contributed by atoms with Gasteiger partial charge in [0.15, 0.2) is 0 Å². The third-order valence-electron chi connectivity index (χ3n) is 8.39. The molecule has 0 spiro atoms. The van der Waals surface area contributed by atoms with Gasteiger partial charge in [0, 0.05) is 24.4 Å². The minimum absolute atomic E-state index is 0.0322. The number of likely N-dealkylation sites (tertiary alicyclic amines) is 1. The van der Waals surface area contributed by atoms with E-state index < -0.39 is 47.2 Å². The van der Waals surface area contributed by atoms with Crippen molar-refractivity contribution >= 4 is 33.2 Å². The Morgan fingerprint density at radius 1 is 1.18 bits per heavy atom. The number of hydrogen-bond acceptors (Lipinski definition) is 6. The average molecular weight is 645 g/mol. The first-order valence-electron chi connectivity index (χ1n) is 15.6. The summed E-state index contributed by atoms with van der Waals surface area (Å²) in [6.07, 6.45) is 5.80. The Labute approximate surface area is 267 Å². The maximum absolute atomic E-state index is 14.3. The Bertz CT molecular complexity index is 1320. The Balaban J connectivity index is 1.50. The highest BCUT2D eigenvalue weighted by Crippen LogP contribution is 2.49. The molecule has 10 nitrogen and oxygen atoms in total. The van der Waals surface area contributed by atoms with E-state index in [0.717, 1.165) is 19.3 Å². The number of allylic oxidation sites excluding steroid dienone is 1. The van der Waals surface area contributed by atoms with Gasteiger partial charge in [0.05, 0.1) is 18.4 Å². The summed E-state index contributed by atoms with van der Waals surface area (Å²) in [5.74, 6) is -1.12. The molecule has 1 unspecified atom stereocenters. The SMILES string of the molecule is C=CCCCCC[C@H](NC(=O)OC(C)(C)C)C(=O)N1C[C@H](OC(=O)N2Cc3cccc(F)c3C2)C[C@H]1C(=O)N[C@]1(P)C[C@H]1C=C. The van der Waals surface area contributed by atoms with Crippen LogP contribution in [-0.2, 0) is 32.2 Å². The van der Waals surface area contributed by atoms with Crippen LogP contribution in [-0.4, -0.2) is 69.4 Å². The lowest BCUT2D eigenvalue weighted by atomic mass is 10.1. The highest BCUT2D eigenvalue weighted by molar-refractivity contribution is 7.19. The zero-order valence-corrected chi connectivity index (χ0v) is 27.6. The molecule has 45 heavy (non-hydrogen) atoms. The Morgan fingerprint density at radius 3 is 2.58 bits per heavy atom. The smallest absolute Gasteiger partial charge is 0.410 e. The van der Waals surface area contributed by atoms with E-state index in [4.69, 9.17) is 9.47 Å². The van der Waals surface area contributed by atoms with Gasteiger partial charge in [-0.15, -0.1) is 22.4 Å². The molecule has 0 radical (unpaired) electrons. The van der Waals surface area contributed by atoms with Crippen LogP contribution in [0.3, 0.4) is 0 Å². The summed E-state index contributed by atoms with van der Waals surface area (Å²) in [6.45, 7) is 13.0. The van der Waals surface area contributed by atoms with E-state index in [1.807, 2.05) is 6.08 Å². The molecule has 4 amide bonds. The van der Waals surface area contributed by atoms with Crippen LogP contribution in [0.5, 0.6) is 0 Å². The lowest BCUT2D eigenvalue weighted by molar-refractivity contribution is -0.140. The summed E-state index contributed by atoms with van der Waals surface area (Å²) in [6, 6.07) is 2.84. The van der Waals surface area contributed by atoms with E-state index in [1.54, 1.807) is 39.0 Å². The highest BCUT2D eigenvalue weighted by atomic mass is 31.0. The number of ether oxygens (including phenoxy) is 2. The van der Waals surface area contributed by atoms with E-state index in [9.17, 15) is 23.6 Å². The first-order chi connectivity index (χ1) is 21.2. The highest BCUT2D eigenvalue weighted by Gasteiger charge is 2.52. The molecule has 2 N–H and O–H groups in total. The maximum atomic E-state index is 14.3. The second-order valence-corrected chi connectivity index (χ2v) is 14.2. The summed E-state index contributed by atoms with van der Waals surface area (Å²) >= 11 is 0. The number of fused-ring (bicyclic) bond motifs is 1. The molecule has 4 rings (SSSR count). The van der Waals surface area contributed by atoms with Gasteiger partial charge in [-0.3, -0.25) is 14.5 Å². The fourth-order valence-electron chi connectivity index (χ4n) is 5.88. The standard InChI is InChI=1S/C33H46FN4O6P/c1-6-8-9-10-11-15-26(35-30(41)44-32(3,4)5)29(40)38-19-23(16-27(38)28(39)36-33(45)17-22(33)7-2)43-31(42)37-18-21-13-12-14-25(34)24(21)20-37/h6-7,12-14,22-23,26-27H,1-2,8-11,15-20,45H2,3-5H3,(H,35,41)(H,36,39)/t22-,23-,26+,27+,33+/m1/s1. The van der Waals surface area contributed by atoms with E-state index in [-0.39, 0.29) is 43.7 Å². The molecule has 0 bridgehead atoms. The van der Waals surface area contributed by atoms with Crippen LogP contribution in [0, 0.1) is 11.7 Å². The van der Waals surface area contributed by atoms with Crippen LogP contribution in [0.1, 0.15) is 76.8 Å². The number of alkyl carbamates (subject to hydrolysis) is 1. The number of carbonyl (C=O) groups excluding carboxylic acids is 4. The van der Waals surface area contributed by atoms with Gasteiger partial charge >= 0.3 is 12.2 Å². The van der Waals surface area contributed by atoms with Crippen LogP contribution in [0.15, 0.2) is 43.5 Å². The fourth-order valence-corrected chi connectivity index (χ4v) is 6.41. The molecule has 2 aliphatic heterocycles. The normalized spacial score (nSPS) is 24.3. The van der Waals surface area contributed by atoms with Crippen molar-refractivity contribution in [1.29, 1.82) is 0 Å². The van der Waals surface area contributed by atoms with Crippen molar-refractivity contribution in [3.8, 4) is 0 Å². The number of rotatable bonds is 12. The van der Waals surface area contributed by atoms with E-state index in [0.29, 0.717) is 30.4 Å². The summed E-state index contributed by atoms with van der Waals surface area (Å²) in [5, 5.41) is 5.20. The van der Waals surface area contributed by atoms with Gasteiger partial charge in [-0.2, -0.15) is 0 Å². The van der Waals surface area contributed by atoms with Gasteiger partial charge in [0.1, 0.15) is 29.6 Å². The first kappa shape index (κ1) is 34.4. The van der Waals surface area contributed by atoms with Gasteiger partial charge in [0.25, 0.3) is 0 Å². The lowest BCUT2D eigenvalue weighted by Gasteiger charge is -2.30. The Morgan fingerprint density at radius 2 is 1.93 bits per heavy atom. The molecule has 1 saturated carbocycles. The van der Waals surface area contributed by atoms with Gasteiger partial charge < -0.3 is 25.0 Å². The molecule has 246 valence electrons. The predicted octanol–water partition coefficient (Wildman–Crippen LogP) is 5.17. The van der Waals surface area contributed by atoms with Crippen molar-refractivity contribution in [3.63, 3.8) is 0 Å². The maximum Gasteiger partial charge on any atom is 0.410 e. The first-order valence-corrected chi connectivity index (χ1v) is 16.2. The molecular formula is C33H46FN4O6P. The van der Waals surface area contributed by atoms with E-state index in [1.165, 1.54) is 15.9 Å². The topological polar surface area (TPSA) is 117 Å². The Kier molecular flexibility index (Phi) is 10.9. The summed E-state index contributed by atoms with van der Waals surface area (Å²) < 4.78 is 25.5. The van der Waals surface area contributed by atoms with Crippen molar-refractivity contribution in [2.45, 2.75) is 108 Å². The predicted molar refractivity (Wildman–Crippen MR) is 171 cm³/mol. The molecule has 6 atom stereocenters. The molecule has 1 aromatic carbocycles. The third kappa shape index (κ3) is 8.84. The van der Waals surface area contributed by atoms with Crippen LogP contribution >= 0.6 is 9.24 Å². The van der Waals surface area contributed by atoms with Crippen molar-refractivity contribution in [2.24, 2.45) is 5.92 Å². The molecule has 12 heteroatoms. The Hall–Kier alpha value is -3.46. The number of hydrogen-bond donors (Lipinski definition) is 2. The van der Waals surface area contributed by atoms with Gasteiger partial charge in [0.2, 0.25) is 11.8 Å². The zero-order chi connectivity index (χ0) is 32.9. The molecule has 1 saturated heterocycles. The molecule has 1 aliphatic carbocycles. The minimum atomic E-state index is -0.948. The van der Waals surface area contributed by atoms with Gasteiger partial charge in [-0.05, 0) is 58.1 Å². The molecule has 3 aliphatic rings. The van der Waals surface area contributed by atoms with Crippen LogP contribution in [0.4, 0.5) is 14.0 Å². The molecule has 1 aromatic rings. The molecule has 2 fully saturated rings. The zero-order valence-electron chi connectivity index (χ0n) is 26.5. The second-order valence-electron chi connectivity index (χ2n) is 13.2. The minimum Gasteiger partial charge on any atom is -0.444 e. The number of halogens is 1. The van der Waals surface area contributed by atoms with Crippen LogP contribution in [0.2, 0.25) is 0 Å². The molecule has 2 heterocycles. The number of nitrogens with zero attached hydrogens (tertiary/aromatic N) is 2. The monoisotopic (exact) mass is 644 g/mol. The summed E-state index contributed by atoms with van der Waals surface area (Å²) in [7, 11) is 2.66. The van der Waals surface area contributed by atoms with Gasteiger partial charge in [-0.25, -0.2) is 14.0 Å². The van der Waals surface area contributed by atoms with Crippen LogP contribution < -0.4 is 10.6 Å². The molecular weight excluding hydrogens is 598 g/mol. The number of carbonyl (C=O) groups is 4. The second kappa shape index (κ2) is 14.3. The third-order valence-corrected chi connectivity index (χ3v) is 9.20. The largest absolute Gasteiger partial charge is 0.444 e. The molecule has 0 aromatic heterocycles. The van der Waals surface area contributed by atoms with Crippen LogP contribution in [0.25, 0.3) is 0 Å². The van der Waals surface area contributed by atoms with Crippen molar-refractivity contribution in [3.05, 3.63) is 60.5 Å². The number of unbranched alkanes of at least 4 members (excludes halogenated alkanes) is 3. The average Bonchev–Trinajstić information content (AvgIpc) is 3.27. The van der Waals surface area contributed by atoms with E-state index >= 15 is 0 Å². The lowest BCUT2D eigenvalue weighted by Crippen LogP contribution is -2.55. The number of nitrogens with one attached hydrogen (secondary N) is 2. The van der Waals surface area contributed by atoms with Gasteiger partial charge in [-0.1, -0.05) is 37.1 Å². The fraction of sp³-hybridized carbons (Fsp3) is 0.576. The number of amides is 4.